The van der Waals surface area contributed by atoms with Crippen LogP contribution in [0, 0.1) is 0 Å². The number of aliphatic hydroxyl groups is 2. The molecule has 58 valence electrons. The molecule has 0 aromatic heterocycles. The largest absolute Gasteiger partial charge is 1.00 e. The molecule has 0 aliphatic heterocycles. The zero-order valence-electron chi connectivity index (χ0n) is 6.68. The molecular weight excluding hydrogens is 410 g/mol. The van der Waals surface area contributed by atoms with Crippen molar-refractivity contribution in [3.8, 4) is 0 Å². The Kier molecular flexibility index (Phi) is 17.8. The maximum absolute atomic E-state index is 9.63. The molecule has 0 amide bonds. The summed E-state index contributed by atoms with van der Waals surface area (Å²) in [6, 6.07) is 0. The molecule has 0 bridgehead atoms. The van der Waals surface area contributed by atoms with Crippen LogP contribution in [0.5, 0.6) is 0 Å². The summed E-state index contributed by atoms with van der Waals surface area (Å²) in [7, 11) is 0. The molecule has 0 fully saturated rings. The summed E-state index contributed by atoms with van der Waals surface area (Å²) < 4.78 is 0. The summed E-state index contributed by atoms with van der Waals surface area (Å²) >= 11 is 0. The summed E-state index contributed by atoms with van der Waals surface area (Å²) in [5.74, 6) is -4.12. The summed E-state index contributed by atoms with van der Waals surface area (Å²) in [6.07, 6.45) is -4.88. The van der Waals surface area contributed by atoms with E-state index in [0.717, 1.165) is 0 Å². The number of carboxylic acids is 2. The molecule has 0 saturated heterocycles. The standard InChI is InChI=1S/C4H6O6.2Cs/c5-1(3(7)8)2(6)4(9)10;;/h1-2,5-6H,(H,7,8)(H,9,10);;/q;2*+1/p-2/t1-,2-;;/m1../s1. The molecule has 0 rings (SSSR count). The molecule has 6 nitrogen and oxygen atoms in total. The number of rotatable bonds is 3. The van der Waals surface area contributed by atoms with Crippen LogP contribution in [0.1, 0.15) is 0 Å². The third kappa shape index (κ3) is 8.29. The predicted molar refractivity (Wildman–Crippen MR) is 22.0 cm³/mol. The molecule has 0 aliphatic rings. The number of aliphatic hydroxyl groups excluding tert-OH is 2. The van der Waals surface area contributed by atoms with Crippen molar-refractivity contribution in [2.24, 2.45) is 0 Å². The molecule has 2 atom stereocenters. The van der Waals surface area contributed by atoms with E-state index in [0.29, 0.717) is 0 Å². The zero-order valence-corrected chi connectivity index (χ0v) is 19.2. The molecule has 0 radical (unpaired) electrons. The van der Waals surface area contributed by atoms with E-state index in [9.17, 15) is 19.8 Å². The van der Waals surface area contributed by atoms with Gasteiger partial charge < -0.3 is 30.0 Å². The Morgan fingerprint density at radius 3 is 1.17 bits per heavy atom. The van der Waals surface area contributed by atoms with Gasteiger partial charge in [0.2, 0.25) is 0 Å². The second-order valence-corrected chi connectivity index (χ2v) is 1.53. The summed E-state index contributed by atoms with van der Waals surface area (Å²) in [4.78, 5) is 19.3. The van der Waals surface area contributed by atoms with Crippen LogP contribution < -0.4 is 148 Å². The van der Waals surface area contributed by atoms with Crippen LogP contribution in [0.15, 0.2) is 0 Å². The van der Waals surface area contributed by atoms with Crippen molar-refractivity contribution >= 4 is 11.9 Å². The topological polar surface area (TPSA) is 121 Å². The molecule has 0 spiro atoms. The van der Waals surface area contributed by atoms with Gasteiger partial charge in [-0.3, -0.25) is 0 Å². The number of hydrogen-bond donors (Lipinski definition) is 2. The fourth-order valence-corrected chi connectivity index (χ4v) is 0.258. The van der Waals surface area contributed by atoms with Crippen molar-refractivity contribution in [2.45, 2.75) is 12.2 Å². The average molecular weight is 414 g/mol. The fraction of sp³-hybridized carbons (Fsp3) is 0.500. The quantitative estimate of drug-likeness (QED) is 0.474. The van der Waals surface area contributed by atoms with Crippen molar-refractivity contribution in [2.75, 3.05) is 0 Å². The van der Waals surface area contributed by atoms with Gasteiger partial charge in [0.05, 0.1) is 11.9 Å². The van der Waals surface area contributed by atoms with E-state index in [2.05, 4.69) is 0 Å². The molecule has 0 heterocycles. The van der Waals surface area contributed by atoms with Crippen molar-refractivity contribution in [1.82, 2.24) is 0 Å². The molecule has 0 aromatic carbocycles. The monoisotopic (exact) mass is 414 g/mol. The van der Waals surface area contributed by atoms with E-state index >= 15 is 0 Å². The van der Waals surface area contributed by atoms with E-state index in [4.69, 9.17) is 10.2 Å². The minimum atomic E-state index is -2.44. The summed E-state index contributed by atoms with van der Waals surface area (Å²) in [5.41, 5.74) is 0. The van der Waals surface area contributed by atoms with E-state index in [-0.39, 0.29) is 138 Å². The molecular formula is C4H4Cs2O6. The van der Waals surface area contributed by atoms with Gasteiger partial charge in [-0.05, 0) is 0 Å². The second kappa shape index (κ2) is 10.5. The maximum Gasteiger partial charge on any atom is 1.00 e. The Morgan fingerprint density at radius 2 is 1.08 bits per heavy atom. The third-order valence-electron chi connectivity index (χ3n) is 0.782. The molecule has 2 N–H and O–H groups in total. The Labute approximate surface area is 186 Å². The average Bonchev–Trinajstić information content (AvgIpc) is 1.84. The Bertz CT molecular complexity index is 142. The molecule has 0 saturated carbocycles. The van der Waals surface area contributed by atoms with Crippen LogP contribution in [0.25, 0.3) is 0 Å². The number of carboxylic acid groups (broad SMARTS) is 2. The van der Waals surface area contributed by atoms with Crippen molar-refractivity contribution < 1.29 is 168 Å². The van der Waals surface area contributed by atoms with Crippen molar-refractivity contribution in [3.05, 3.63) is 0 Å². The molecule has 8 heteroatoms. The van der Waals surface area contributed by atoms with Gasteiger partial charge >= 0.3 is 138 Å². The Balaban J connectivity index is -0.000000405. The van der Waals surface area contributed by atoms with E-state index in [1.807, 2.05) is 0 Å². The van der Waals surface area contributed by atoms with Gasteiger partial charge in [-0.2, -0.15) is 0 Å². The third-order valence-corrected chi connectivity index (χ3v) is 0.782. The van der Waals surface area contributed by atoms with Crippen LogP contribution in [-0.4, -0.2) is 34.4 Å². The minimum Gasteiger partial charge on any atom is -0.547 e. The predicted octanol–water partition coefficient (Wildman–Crippen LogP) is -10.8. The van der Waals surface area contributed by atoms with Crippen molar-refractivity contribution in [3.63, 3.8) is 0 Å². The number of hydrogen-bond acceptors (Lipinski definition) is 6. The Morgan fingerprint density at radius 1 is 0.917 bits per heavy atom. The normalized spacial score (nSPS) is 13.2. The molecule has 12 heavy (non-hydrogen) atoms. The zero-order chi connectivity index (χ0) is 8.31. The molecule has 0 aromatic rings. The van der Waals surface area contributed by atoms with Crippen LogP contribution in [0.4, 0.5) is 0 Å². The first-order valence-electron chi connectivity index (χ1n) is 2.24. The van der Waals surface area contributed by atoms with Crippen LogP contribution in [-0.2, 0) is 9.59 Å². The van der Waals surface area contributed by atoms with E-state index in [1.54, 1.807) is 0 Å². The van der Waals surface area contributed by atoms with Gasteiger partial charge in [-0.25, -0.2) is 0 Å². The van der Waals surface area contributed by atoms with Gasteiger partial charge in [-0.1, -0.05) is 0 Å². The molecule has 0 aliphatic carbocycles. The number of carbonyl (C=O) groups is 2. The second-order valence-electron chi connectivity index (χ2n) is 1.53. The summed E-state index contributed by atoms with van der Waals surface area (Å²) in [6.45, 7) is 0. The van der Waals surface area contributed by atoms with Crippen LogP contribution in [0.2, 0.25) is 0 Å². The smallest absolute Gasteiger partial charge is 0.547 e. The number of carbonyl (C=O) groups excluding carboxylic acids is 2. The first-order chi connectivity index (χ1) is 4.46. The SMILES string of the molecule is O=C([O-])[C@H](O)[C@@H](O)C(=O)[O-].[Cs+].[Cs+]. The number of aliphatic carboxylic acids is 2. The fourth-order valence-electron chi connectivity index (χ4n) is 0.258. The van der Waals surface area contributed by atoms with Gasteiger partial charge in [0.15, 0.2) is 0 Å². The van der Waals surface area contributed by atoms with Gasteiger partial charge in [0, 0.05) is 0 Å². The summed E-state index contributed by atoms with van der Waals surface area (Å²) in [5, 5.41) is 35.7. The van der Waals surface area contributed by atoms with E-state index < -0.39 is 24.1 Å². The molecule has 0 unspecified atom stereocenters. The van der Waals surface area contributed by atoms with Gasteiger partial charge in [-0.15, -0.1) is 0 Å². The minimum absolute atomic E-state index is 0. The van der Waals surface area contributed by atoms with Crippen LogP contribution >= 0.6 is 0 Å². The van der Waals surface area contributed by atoms with Gasteiger partial charge in [0.1, 0.15) is 12.2 Å². The van der Waals surface area contributed by atoms with Gasteiger partial charge in [0.25, 0.3) is 0 Å². The Hall–Kier alpha value is 2.96. The maximum atomic E-state index is 9.63. The van der Waals surface area contributed by atoms with Crippen molar-refractivity contribution in [1.29, 1.82) is 0 Å². The van der Waals surface area contributed by atoms with E-state index in [1.165, 1.54) is 0 Å². The first-order valence-corrected chi connectivity index (χ1v) is 2.24. The first kappa shape index (κ1) is 20.4. The van der Waals surface area contributed by atoms with Crippen LogP contribution in [0.3, 0.4) is 0 Å².